The first-order valence-electron chi connectivity index (χ1n) is 9.93. The predicted molar refractivity (Wildman–Crippen MR) is 103 cm³/mol. The topological polar surface area (TPSA) is 75.3 Å². The zero-order valence-electron chi connectivity index (χ0n) is 16.6. The van der Waals surface area contributed by atoms with Gasteiger partial charge in [0.2, 0.25) is 5.95 Å². The molecule has 3 aromatic rings. The highest BCUT2D eigenvalue weighted by atomic mass is 19.4. The summed E-state index contributed by atoms with van der Waals surface area (Å²) >= 11 is 0. The van der Waals surface area contributed by atoms with E-state index in [-0.39, 0.29) is 28.8 Å². The third-order valence-electron chi connectivity index (χ3n) is 5.48. The molecule has 0 spiro atoms. The van der Waals surface area contributed by atoms with E-state index in [1.807, 2.05) is 0 Å². The number of aromatic nitrogens is 4. The molecule has 172 valence electrons. The number of benzene rings is 1. The molecular formula is C20H19F6N5O. The number of halogens is 6. The van der Waals surface area contributed by atoms with Crippen LogP contribution in [0, 0.1) is 0 Å². The van der Waals surface area contributed by atoms with Crippen LogP contribution < -0.4 is 5.32 Å². The second-order valence-electron chi connectivity index (χ2n) is 7.79. The Kier molecular flexibility index (Phi) is 5.74. The van der Waals surface area contributed by atoms with Gasteiger partial charge >= 0.3 is 12.4 Å². The van der Waals surface area contributed by atoms with Crippen LogP contribution in [0.1, 0.15) is 36.8 Å². The molecule has 0 bridgehead atoms. The molecule has 0 aliphatic heterocycles. The van der Waals surface area contributed by atoms with Gasteiger partial charge in [-0.3, -0.25) is 4.40 Å². The number of aliphatic hydroxyl groups excluding tert-OH is 1. The number of fused-ring (bicyclic) bond motifs is 1. The first kappa shape index (κ1) is 22.3. The second-order valence-corrected chi connectivity index (χ2v) is 7.79. The summed E-state index contributed by atoms with van der Waals surface area (Å²) in [5, 5.41) is 21.3. The van der Waals surface area contributed by atoms with Crippen LogP contribution in [0.15, 0.2) is 30.7 Å². The van der Waals surface area contributed by atoms with Crippen LogP contribution in [0.25, 0.3) is 16.8 Å². The molecule has 12 heteroatoms. The SMILES string of the molecule is O[C@@H]1CCCC[C@H]1Nc1nnc(-c2ccc(C(F)(F)F)cc2CC(F)(F)F)c2cncn12. The summed E-state index contributed by atoms with van der Waals surface area (Å²) < 4.78 is 80.1. The van der Waals surface area contributed by atoms with Crippen molar-refractivity contribution in [2.24, 2.45) is 0 Å². The lowest BCUT2D eigenvalue weighted by molar-refractivity contribution is -0.138. The summed E-state index contributed by atoms with van der Waals surface area (Å²) in [6.45, 7) is 0. The Balaban J connectivity index is 1.77. The van der Waals surface area contributed by atoms with Gasteiger partial charge < -0.3 is 10.4 Å². The van der Waals surface area contributed by atoms with E-state index in [0.717, 1.165) is 18.9 Å². The fourth-order valence-electron chi connectivity index (χ4n) is 3.93. The zero-order valence-corrected chi connectivity index (χ0v) is 16.6. The smallest absolute Gasteiger partial charge is 0.391 e. The van der Waals surface area contributed by atoms with E-state index in [1.54, 1.807) is 0 Å². The summed E-state index contributed by atoms with van der Waals surface area (Å²) in [6, 6.07) is 1.90. The highest BCUT2D eigenvalue weighted by Crippen LogP contribution is 2.36. The minimum atomic E-state index is -4.79. The van der Waals surface area contributed by atoms with Crippen LogP contribution in [0.3, 0.4) is 0 Å². The Hall–Kier alpha value is -2.89. The van der Waals surface area contributed by atoms with Crippen molar-refractivity contribution in [3.63, 3.8) is 0 Å². The van der Waals surface area contributed by atoms with E-state index >= 15 is 0 Å². The fourth-order valence-corrected chi connectivity index (χ4v) is 3.93. The number of hydrogen-bond donors (Lipinski definition) is 2. The van der Waals surface area contributed by atoms with Gasteiger partial charge in [0, 0.05) is 5.56 Å². The molecule has 0 saturated heterocycles. The normalized spacial score (nSPS) is 20.0. The second kappa shape index (κ2) is 8.23. The zero-order chi connectivity index (χ0) is 23.1. The van der Waals surface area contributed by atoms with E-state index in [0.29, 0.717) is 25.0 Å². The summed E-state index contributed by atoms with van der Waals surface area (Å²) in [7, 11) is 0. The van der Waals surface area contributed by atoms with E-state index < -0.39 is 36.0 Å². The number of imidazole rings is 1. The van der Waals surface area contributed by atoms with Crippen molar-refractivity contribution >= 4 is 11.5 Å². The van der Waals surface area contributed by atoms with Crippen molar-refractivity contribution in [1.29, 1.82) is 0 Å². The van der Waals surface area contributed by atoms with Gasteiger partial charge in [-0.1, -0.05) is 18.9 Å². The molecule has 1 aromatic carbocycles. The molecule has 0 amide bonds. The molecule has 2 atom stereocenters. The van der Waals surface area contributed by atoms with Crippen LogP contribution in [0.2, 0.25) is 0 Å². The van der Waals surface area contributed by atoms with Crippen LogP contribution in [0.4, 0.5) is 32.3 Å². The highest BCUT2D eigenvalue weighted by molar-refractivity contribution is 5.79. The van der Waals surface area contributed by atoms with Gasteiger partial charge in [-0.2, -0.15) is 26.3 Å². The molecule has 1 saturated carbocycles. The summed E-state index contributed by atoms with van der Waals surface area (Å²) in [5.74, 6) is 0.233. The largest absolute Gasteiger partial charge is 0.416 e. The molecule has 2 heterocycles. The number of hydrogen-bond acceptors (Lipinski definition) is 5. The maximum absolute atomic E-state index is 13.1. The lowest BCUT2D eigenvalue weighted by atomic mass is 9.93. The maximum Gasteiger partial charge on any atom is 0.416 e. The van der Waals surface area contributed by atoms with Gasteiger partial charge in [0.25, 0.3) is 0 Å². The minimum absolute atomic E-state index is 0.0229. The minimum Gasteiger partial charge on any atom is -0.391 e. The Morgan fingerprint density at radius 3 is 2.50 bits per heavy atom. The van der Waals surface area contributed by atoms with Crippen LogP contribution in [0.5, 0.6) is 0 Å². The average molecular weight is 459 g/mol. The monoisotopic (exact) mass is 459 g/mol. The quantitative estimate of drug-likeness (QED) is 0.557. The predicted octanol–water partition coefficient (Wildman–Crippen LogP) is 4.63. The number of anilines is 1. The van der Waals surface area contributed by atoms with E-state index in [2.05, 4.69) is 20.5 Å². The Morgan fingerprint density at radius 1 is 1.06 bits per heavy atom. The Labute approximate surface area is 178 Å². The van der Waals surface area contributed by atoms with Crippen molar-refractivity contribution in [1.82, 2.24) is 19.6 Å². The molecule has 4 rings (SSSR count). The molecule has 2 aromatic heterocycles. The van der Waals surface area contributed by atoms with Gasteiger partial charge in [0.15, 0.2) is 0 Å². The maximum atomic E-state index is 13.1. The molecule has 1 aliphatic rings. The molecule has 2 N–H and O–H groups in total. The summed E-state index contributed by atoms with van der Waals surface area (Å²) in [6.07, 6.45) is -5.77. The van der Waals surface area contributed by atoms with Crippen LogP contribution in [-0.2, 0) is 12.6 Å². The van der Waals surface area contributed by atoms with Gasteiger partial charge in [-0.05, 0) is 30.5 Å². The lowest BCUT2D eigenvalue weighted by Gasteiger charge is -2.28. The summed E-state index contributed by atoms with van der Waals surface area (Å²) in [5.41, 5.74) is -1.60. The number of nitrogens with zero attached hydrogens (tertiary/aromatic N) is 4. The lowest BCUT2D eigenvalue weighted by Crippen LogP contribution is -2.37. The third-order valence-corrected chi connectivity index (χ3v) is 5.48. The van der Waals surface area contributed by atoms with E-state index in [4.69, 9.17) is 0 Å². The van der Waals surface area contributed by atoms with Crippen molar-refractivity contribution in [2.45, 2.75) is 56.6 Å². The standard InChI is InChI=1S/C20H19F6N5O/c21-19(22,23)8-11-7-12(20(24,25)26)5-6-13(11)17-15-9-27-10-31(15)18(30-29-17)28-14-3-1-2-4-16(14)32/h5-7,9-10,14,16,32H,1-4,8H2,(H,28,30)/t14-,16-/m1/s1. The van der Waals surface area contributed by atoms with Crippen LogP contribution >= 0.6 is 0 Å². The van der Waals surface area contributed by atoms with Crippen molar-refractivity contribution < 1.29 is 31.4 Å². The van der Waals surface area contributed by atoms with Gasteiger partial charge in [0.1, 0.15) is 12.0 Å². The molecule has 32 heavy (non-hydrogen) atoms. The van der Waals surface area contributed by atoms with E-state index in [1.165, 1.54) is 16.9 Å². The fraction of sp³-hybridized carbons (Fsp3) is 0.450. The summed E-state index contributed by atoms with van der Waals surface area (Å²) in [4.78, 5) is 4.00. The van der Waals surface area contributed by atoms with Gasteiger partial charge in [-0.15, -0.1) is 10.2 Å². The molecule has 1 fully saturated rings. The Morgan fingerprint density at radius 2 is 1.81 bits per heavy atom. The van der Waals surface area contributed by atoms with Gasteiger partial charge in [0.05, 0.1) is 35.8 Å². The number of alkyl halides is 6. The van der Waals surface area contributed by atoms with E-state index in [9.17, 15) is 31.4 Å². The Bertz CT molecular complexity index is 1110. The van der Waals surface area contributed by atoms with Crippen LogP contribution in [-0.4, -0.2) is 43.0 Å². The van der Waals surface area contributed by atoms with Crippen molar-refractivity contribution in [3.8, 4) is 11.3 Å². The first-order chi connectivity index (χ1) is 15.0. The third kappa shape index (κ3) is 4.64. The molecule has 1 aliphatic carbocycles. The highest BCUT2D eigenvalue weighted by Gasteiger charge is 2.35. The molecule has 6 nitrogen and oxygen atoms in total. The number of rotatable bonds is 4. The number of nitrogens with one attached hydrogen (secondary N) is 1. The molecule has 0 unspecified atom stereocenters. The van der Waals surface area contributed by atoms with Crippen molar-refractivity contribution in [2.75, 3.05) is 5.32 Å². The van der Waals surface area contributed by atoms with Crippen molar-refractivity contribution in [3.05, 3.63) is 41.9 Å². The molecular weight excluding hydrogens is 440 g/mol. The van der Waals surface area contributed by atoms with Gasteiger partial charge in [-0.25, -0.2) is 4.98 Å². The first-order valence-corrected chi connectivity index (χ1v) is 9.93. The molecule has 0 radical (unpaired) electrons. The average Bonchev–Trinajstić information content (AvgIpc) is 3.19. The number of aliphatic hydroxyl groups is 1.